The average molecular weight is 369 g/mol. The van der Waals surface area contributed by atoms with Crippen LogP contribution in [0.3, 0.4) is 0 Å². The maximum absolute atomic E-state index is 12.0. The van der Waals surface area contributed by atoms with Gasteiger partial charge in [0.1, 0.15) is 0 Å². The Morgan fingerprint density at radius 2 is 2.31 bits per heavy atom. The predicted octanol–water partition coefficient (Wildman–Crippen LogP) is 4.31. The summed E-state index contributed by atoms with van der Waals surface area (Å²) in [6.07, 6.45) is 5.71. The zero-order chi connectivity index (χ0) is 18.1. The Balaban J connectivity index is 1.36. The second kappa shape index (κ2) is 6.92. The van der Waals surface area contributed by atoms with Crippen LogP contribution < -0.4 is 0 Å². The molecular weight excluding hydrogens is 350 g/mol. The molecule has 4 rings (SSSR count). The predicted molar refractivity (Wildman–Crippen MR) is 98.6 cm³/mol. The molecule has 1 fully saturated rings. The van der Waals surface area contributed by atoms with E-state index in [1.807, 2.05) is 16.8 Å². The van der Waals surface area contributed by atoms with E-state index < -0.39 is 5.97 Å². The van der Waals surface area contributed by atoms with Crippen molar-refractivity contribution in [3.63, 3.8) is 0 Å². The monoisotopic (exact) mass is 369 g/mol. The van der Waals surface area contributed by atoms with E-state index >= 15 is 0 Å². The van der Waals surface area contributed by atoms with Gasteiger partial charge in [-0.25, -0.2) is 4.79 Å². The average Bonchev–Trinajstić information content (AvgIpc) is 3.03. The molecule has 1 aliphatic rings. The maximum Gasteiger partial charge on any atom is 0.331 e. The third-order valence-corrected chi connectivity index (χ3v) is 5.10. The van der Waals surface area contributed by atoms with Crippen molar-refractivity contribution in [1.29, 1.82) is 0 Å². The fourth-order valence-corrected chi connectivity index (χ4v) is 3.66. The van der Waals surface area contributed by atoms with Crippen molar-refractivity contribution in [2.24, 2.45) is 0 Å². The van der Waals surface area contributed by atoms with Crippen LogP contribution in [-0.2, 0) is 16.1 Å². The van der Waals surface area contributed by atoms with Crippen LogP contribution in [0.2, 0.25) is 0 Å². The summed E-state index contributed by atoms with van der Waals surface area (Å²) in [5.41, 5.74) is 4.35. The number of nitrogens with zero attached hydrogens (tertiary/aromatic N) is 3. The van der Waals surface area contributed by atoms with Gasteiger partial charge in [0, 0.05) is 34.4 Å². The highest BCUT2D eigenvalue weighted by Crippen LogP contribution is 2.38. The number of aryl methyl sites for hydroxylation is 1. The number of rotatable bonds is 6. The Labute approximate surface area is 155 Å². The van der Waals surface area contributed by atoms with E-state index in [4.69, 9.17) is 9.26 Å². The number of ether oxygens (including phenoxy) is 1. The fourth-order valence-electron chi connectivity index (χ4n) is 3.03. The first-order valence-corrected chi connectivity index (χ1v) is 9.44. The molecule has 3 heterocycles. The number of carbonyl (C=O) groups excluding carboxylic acids is 1. The van der Waals surface area contributed by atoms with E-state index in [-0.39, 0.29) is 12.5 Å². The van der Waals surface area contributed by atoms with Crippen molar-refractivity contribution in [1.82, 2.24) is 14.7 Å². The molecule has 134 valence electrons. The molecule has 0 aliphatic heterocycles. The van der Waals surface area contributed by atoms with E-state index in [1.165, 1.54) is 30.3 Å². The second-order valence-corrected chi connectivity index (χ2v) is 7.17. The van der Waals surface area contributed by atoms with Gasteiger partial charge in [0.25, 0.3) is 5.89 Å². The molecule has 0 amide bonds. The van der Waals surface area contributed by atoms with Crippen molar-refractivity contribution < 1.29 is 14.1 Å². The Morgan fingerprint density at radius 3 is 3.04 bits per heavy atom. The van der Waals surface area contributed by atoms with E-state index in [1.54, 1.807) is 17.4 Å². The van der Waals surface area contributed by atoms with Crippen LogP contribution in [0.5, 0.6) is 0 Å². The van der Waals surface area contributed by atoms with Crippen molar-refractivity contribution in [3.05, 3.63) is 51.8 Å². The molecular formula is C19H19N3O3S. The molecule has 3 aromatic heterocycles. The van der Waals surface area contributed by atoms with Gasteiger partial charge in [-0.3, -0.25) is 0 Å². The summed E-state index contributed by atoms with van der Waals surface area (Å²) in [6, 6.07) is 4.63. The van der Waals surface area contributed by atoms with Gasteiger partial charge in [-0.1, -0.05) is 5.16 Å². The normalized spacial score (nSPS) is 14.2. The molecule has 0 saturated heterocycles. The Kier molecular flexibility index (Phi) is 4.46. The lowest BCUT2D eigenvalue weighted by molar-refractivity contribution is -0.139. The first kappa shape index (κ1) is 16.8. The number of thiophene rings is 1. The van der Waals surface area contributed by atoms with E-state index in [2.05, 4.69) is 34.6 Å². The topological polar surface area (TPSA) is 70.2 Å². The van der Waals surface area contributed by atoms with Gasteiger partial charge in [0.05, 0.1) is 0 Å². The Bertz CT molecular complexity index is 949. The van der Waals surface area contributed by atoms with Gasteiger partial charge in [0.15, 0.2) is 6.61 Å². The first-order valence-electron chi connectivity index (χ1n) is 8.50. The molecule has 0 N–H and O–H groups in total. The third kappa shape index (κ3) is 3.48. The molecule has 0 aromatic carbocycles. The van der Waals surface area contributed by atoms with Crippen molar-refractivity contribution >= 4 is 23.4 Å². The van der Waals surface area contributed by atoms with Gasteiger partial charge in [0.2, 0.25) is 5.82 Å². The summed E-state index contributed by atoms with van der Waals surface area (Å²) in [5, 5.41) is 7.76. The van der Waals surface area contributed by atoms with Crippen LogP contribution in [0.4, 0.5) is 0 Å². The summed E-state index contributed by atoms with van der Waals surface area (Å²) in [6.45, 7) is 4.14. The van der Waals surface area contributed by atoms with Gasteiger partial charge in [-0.05, 0) is 55.8 Å². The van der Waals surface area contributed by atoms with Crippen LogP contribution in [-0.4, -0.2) is 20.7 Å². The number of aromatic nitrogens is 3. The van der Waals surface area contributed by atoms with Gasteiger partial charge in [-0.2, -0.15) is 16.3 Å². The molecule has 7 heteroatoms. The summed E-state index contributed by atoms with van der Waals surface area (Å²) < 4.78 is 12.6. The van der Waals surface area contributed by atoms with Gasteiger partial charge in [-0.15, -0.1) is 0 Å². The van der Waals surface area contributed by atoms with Gasteiger partial charge < -0.3 is 13.8 Å². The van der Waals surface area contributed by atoms with Crippen LogP contribution in [0.25, 0.3) is 17.5 Å². The van der Waals surface area contributed by atoms with Crippen molar-refractivity contribution in [2.45, 2.75) is 39.3 Å². The molecule has 0 spiro atoms. The zero-order valence-corrected chi connectivity index (χ0v) is 15.5. The third-order valence-electron chi connectivity index (χ3n) is 4.42. The van der Waals surface area contributed by atoms with E-state index in [9.17, 15) is 4.79 Å². The number of hydrogen-bond acceptors (Lipinski definition) is 6. The Hall–Kier alpha value is -2.67. The highest BCUT2D eigenvalue weighted by molar-refractivity contribution is 7.08. The standard InChI is InChI=1S/C19H19N3O3S/c1-12-9-14(13(2)22(12)16-4-5-16)3-6-18(23)24-10-17-20-19(21-25-17)15-7-8-26-11-15/h3,6-9,11,16H,4-5,10H2,1-2H3/b6-3+. The molecule has 0 bridgehead atoms. The number of hydrogen-bond donors (Lipinski definition) is 0. The van der Waals surface area contributed by atoms with Crippen LogP contribution in [0.15, 0.2) is 33.5 Å². The minimum Gasteiger partial charge on any atom is -0.452 e. The first-order chi connectivity index (χ1) is 12.6. The minimum atomic E-state index is -0.434. The molecule has 1 aliphatic carbocycles. The smallest absolute Gasteiger partial charge is 0.331 e. The van der Waals surface area contributed by atoms with Crippen molar-refractivity contribution in [2.75, 3.05) is 0 Å². The van der Waals surface area contributed by atoms with Gasteiger partial charge >= 0.3 is 5.97 Å². The quantitative estimate of drug-likeness (QED) is 0.478. The molecule has 1 saturated carbocycles. The summed E-state index contributed by atoms with van der Waals surface area (Å²) in [4.78, 5) is 16.2. The molecule has 0 atom stereocenters. The Morgan fingerprint density at radius 1 is 1.46 bits per heavy atom. The second-order valence-electron chi connectivity index (χ2n) is 6.39. The lowest BCUT2D eigenvalue weighted by atomic mass is 10.2. The molecule has 6 nitrogen and oxygen atoms in total. The lowest BCUT2D eigenvalue weighted by Gasteiger charge is -2.06. The largest absolute Gasteiger partial charge is 0.452 e. The highest BCUT2D eigenvalue weighted by atomic mass is 32.1. The van der Waals surface area contributed by atoms with E-state index in [0.717, 1.165) is 11.1 Å². The number of carbonyl (C=O) groups is 1. The molecule has 0 unspecified atom stereocenters. The minimum absolute atomic E-state index is 0.0403. The molecule has 26 heavy (non-hydrogen) atoms. The number of esters is 1. The summed E-state index contributed by atoms with van der Waals surface area (Å²) in [7, 11) is 0. The maximum atomic E-state index is 12.0. The summed E-state index contributed by atoms with van der Waals surface area (Å²) in [5.74, 6) is 0.344. The summed E-state index contributed by atoms with van der Waals surface area (Å²) >= 11 is 1.56. The van der Waals surface area contributed by atoms with Crippen LogP contribution >= 0.6 is 11.3 Å². The zero-order valence-electron chi connectivity index (χ0n) is 14.6. The fraction of sp³-hybridized carbons (Fsp3) is 0.316. The van der Waals surface area contributed by atoms with Crippen LogP contribution in [0, 0.1) is 13.8 Å². The van der Waals surface area contributed by atoms with E-state index in [0.29, 0.717) is 11.9 Å². The molecule has 0 radical (unpaired) electrons. The molecule has 3 aromatic rings. The van der Waals surface area contributed by atoms with Crippen LogP contribution in [0.1, 0.15) is 41.7 Å². The lowest BCUT2D eigenvalue weighted by Crippen LogP contribution is -2.01. The SMILES string of the molecule is Cc1cc(/C=C/C(=O)OCc2nc(-c3ccsc3)no2)c(C)n1C1CC1. The highest BCUT2D eigenvalue weighted by Gasteiger charge is 2.26. The van der Waals surface area contributed by atoms with Crippen molar-refractivity contribution in [3.8, 4) is 11.4 Å².